The normalized spacial score (nSPS) is 18.9. The molecule has 0 radical (unpaired) electrons. The number of fused-ring (bicyclic) bond motifs is 1. The van der Waals surface area contributed by atoms with Gasteiger partial charge < -0.3 is 5.11 Å². The van der Waals surface area contributed by atoms with Gasteiger partial charge in [-0.05, 0) is 39.8 Å². The number of benzene rings is 4. The monoisotopic (exact) mass is 445 g/mol. The van der Waals surface area contributed by atoms with E-state index in [1.54, 1.807) is 0 Å². The number of carbonyl (C=O) groups excluding carboxylic acids is 1. The molecule has 168 valence electrons. The van der Waals surface area contributed by atoms with Crippen LogP contribution in [-0.4, -0.2) is 16.6 Å². The third-order valence-electron chi connectivity index (χ3n) is 6.53. The van der Waals surface area contributed by atoms with Gasteiger partial charge in [-0.25, -0.2) is 0 Å². The molecule has 1 saturated carbocycles. The summed E-state index contributed by atoms with van der Waals surface area (Å²) >= 11 is 0. The van der Waals surface area contributed by atoms with E-state index < -0.39 is 0 Å². The lowest BCUT2D eigenvalue weighted by atomic mass is 9.78. The second kappa shape index (κ2) is 9.88. The molecule has 4 aromatic carbocycles. The molecule has 0 heterocycles. The van der Waals surface area contributed by atoms with Gasteiger partial charge in [-0.3, -0.25) is 9.79 Å². The van der Waals surface area contributed by atoms with Crippen LogP contribution in [-0.2, 0) is 17.8 Å². The SMILES string of the molecule is O=C1CC(c2ccccc2)CC(=NCc2ccccc2)/C1=C(/O)Cc1cccc2ccccc12. The van der Waals surface area contributed by atoms with Crippen LogP contribution in [0, 0.1) is 0 Å². The molecule has 3 nitrogen and oxygen atoms in total. The standard InChI is InChI=1S/C31H27NO2/c33-29(19-25-16-9-15-24-14-7-8-17-27(24)25)31-28(32-21-22-10-3-1-4-11-22)18-26(20-30(31)34)23-12-5-2-6-13-23/h1-17,26,33H,18-21H2/b31-29-,32-28?. The second-order valence-corrected chi connectivity index (χ2v) is 8.82. The number of carbonyl (C=O) groups is 1. The maximum absolute atomic E-state index is 13.4. The van der Waals surface area contributed by atoms with E-state index in [1.807, 2.05) is 72.8 Å². The molecule has 4 aromatic rings. The van der Waals surface area contributed by atoms with Crippen LogP contribution in [0.4, 0.5) is 0 Å². The number of aliphatic imine (C=N–C) groups is 1. The minimum atomic E-state index is -0.0374. The summed E-state index contributed by atoms with van der Waals surface area (Å²) < 4.78 is 0. The minimum Gasteiger partial charge on any atom is -0.511 e. The third-order valence-corrected chi connectivity index (χ3v) is 6.53. The zero-order valence-electron chi connectivity index (χ0n) is 19.0. The maximum Gasteiger partial charge on any atom is 0.168 e. The van der Waals surface area contributed by atoms with E-state index in [1.165, 1.54) is 0 Å². The number of nitrogens with zero attached hydrogens (tertiary/aromatic N) is 1. The van der Waals surface area contributed by atoms with Crippen LogP contribution in [0.3, 0.4) is 0 Å². The molecule has 0 bridgehead atoms. The largest absolute Gasteiger partial charge is 0.511 e. The molecule has 34 heavy (non-hydrogen) atoms. The predicted molar refractivity (Wildman–Crippen MR) is 138 cm³/mol. The number of aliphatic hydroxyl groups excluding tert-OH is 1. The number of rotatable bonds is 5. The zero-order chi connectivity index (χ0) is 23.3. The average molecular weight is 446 g/mol. The van der Waals surface area contributed by atoms with Crippen molar-refractivity contribution in [1.29, 1.82) is 0 Å². The Morgan fingerprint density at radius 1 is 0.794 bits per heavy atom. The first-order chi connectivity index (χ1) is 16.7. The van der Waals surface area contributed by atoms with Gasteiger partial charge in [0, 0.05) is 12.8 Å². The molecule has 0 spiro atoms. The van der Waals surface area contributed by atoms with E-state index in [4.69, 9.17) is 4.99 Å². The van der Waals surface area contributed by atoms with Crippen LogP contribution in [0.25, 0.3) is 10.8 Å². The van der Waals surface area contributed by atoms with Crippen LogP contribution < -0.4 is 0 Å². The molecule has 0 amide bonds. The number of aliphatic hydroxyl groups is 1. The van der Waals surface area contributed by atoms with E-state index in [9.17, 15) is 9.90 Å². The van der Waals surface area contributed by atoms with Crippen molar-refractivity contribution in [2.75, 3.05) is 0 Å². The molecule has 1 unspecified atom stereocenters. The van der Waals surface area contributed by atoms with E-state index in [2.05, 4.69) is 30.3 Å². The summed E-state index contributed by atoms with van der Waals surface area (Å²) in [4.78, 5) is 18.3. The highest BCUT2D eigenvalue weighted by atomic mass is 16.3. The van der Waals surface area contributed by atoms with Gasteiger partial charge in [-0.15, -0.1) is 0 Å². The Hall–Kier alpha value is -3.98. The van der Waals surface area contributed by atoms with Crippen molar-refractivity contribution < 1.29 is 9.90 Å². The number of hydrogen-bond acceptors (Lipinski definition) is 3. The molecule has 5 rings (SSSR count). The highest BCUT2D eigenvalue weighted by Crippen LogP contribution is 2.34. The van der Waals surface area contributed by atoms with Crippen molar-refractivity contribution in [2.45, 2.75) is 31.7 Å². The van der Waals surface area contributed by atoms with E-state index >= 15 is 0 Å². The first kappa shape index (κ1) is 21.8. The lowest BCUT2D eigenvalue weighted by Crippen LogP contribution is -2.27. The molecule has 1 N–H and O–H groups in total. The summed E-state index contributed by atoms with van der Waals surface area (Å²) in [5.74, 6) is 0.140. The average Bonchev–Trinajstić information content (AvgIpc) is 2.88. The first-order valence-electron chi connectivity index (χ1n) is 11.7. The molecule has 1 fully saturated rings. The summed E-state index contributed by atoms with van der Waals surface area (Å²) in [7, 11) is 0. The fourth-order valence-electron chi connectivity index (χ4n) is 4.81. The Balaban J connectivity index is 1.52. The summed E-state index contributed by atoms with van der Waals surface area (Å²) in [6.07, 6.45) is 1.32. The number of Topliss-reactive ketones (excluding diaryl/α,β-unsaturated/α-hetero) is 1. The smallest absolute Gasteiger partial charge is 0.168 e. The van der Waals surface area contributed by atoms with Crippen molar-refractivity contribution in [3.8, 4) is 0 Å². The maximum atomic E-state index is 13.4. The van der Waals surface area contributed by atoms with E-state index in [0.29, 0.717) is 37.1 Å². The number of ketones is 1. The van der Waals surface area contributed by atoms with Crippen LogP contribution in [0.5, 0.6) is 0 Å². The molecule has 0 saturated heterocycles. The minimum absolute atomic E-state index is 0.0374. The second-order valence-electron chi connectivity index (χ2n) is 8.82. The molecule has 3 heteroatoms. The van der Waals surface area contributed by atoms with Crippen molar-refractivity contribution in [2.24, 2.45) is 4.99 Å². The molecule has 1 aliphatic carbocycles. The zero-order valence-corrected chi connectivity index (χ0v) is 19.0. The van der Waals surface area contributed by atoms with Crippen molar-refractivity contribution in [1.82, 2.24) is 0 Å². The predicted octanol–water partition coefficient (Wildman–Crippen LogP) is 6.98. The quantitative estimate of drug-likeness (QED) is 0.266. The van der Waals surface area contributed by atoms with Crippen LogP contribution >= 0.6 is 0 Å². The van der Waals surface area contributed by atoms with Crippen molar-refractivity contribution in [3.63, 3.8) is 0 Å². The fourth-order valence-corrected chi connectivity index (χ4v) is 4.81. The Bertz CT molecular complexity index is 1370. The molecular weight excluding hydrogens is 418 g/mol. The van der Waals surface area contributed by atoms with Crippen molar-refractivity contribution in [3.05, 3.63) is 131 Å². The highest BCUT2D eigenvalue weighted by molar-refractivity contribution is 6.24. The Labute approximate surface area is 200 Å². The third kappa shape index (κ3) is 4.69. The van der Waals surface area contributed by atoms with E-state index in [0.717, 1.165) is 27.5 Å². The Morgan fingerprint density at radius 3 is 2.26 bits per heavy atom. The van der Waals surface area contributed by atoms with Gasteiger partial charge in [0.1, 0.15) is 5.76 Å². The van der Waals surface area contributed by atoms with Crippen LogP contribution in [0.15, 0.2) is 119 Å². The van der Waals surface area contributed by atoms with Gasteiger partial charge in [0.25, 0.3) is 0 Å². The first-order valence-corrected chi connectivity index (χ1v) is 11.7. The Kier molecular flexibility index (Phi) is 6.35. The summed E-state index contributed by atoms with van der Waals surface area (Å²) in [6.45, 7) is 0.482. The highest BCUT2D eigenvalue weighted by Gasteiger charge is 2.32. The molecule has 0 aromatic heterocycles. The molecular formula is C31H27NO2. The van der Waals surface area contributed by atoms with Crippen LogP contribution in [0.1, 0.15) is 35.4 Å². The van der Waals surface area contributed by atoms with Gasteiger partial charge in [0.15, 0.2) is 5.78 Å². The van der Waals surface area contributed by atoms with Gasteiger partial charge in [-0.1, -0.05) is 103 Å². The van der Waals surface area contributed by atoms with Gasteiger partial charge in [0.2, 0.25) is 0 Å². The van der Waals surface area contributed by atoms with Gasteiger partial charge in [-0.2, -0.15) is 0 Å². The lowest BCUT2D eigenvalue weighted by molar-refractivity contribution is -0.115. The van der Waals surface area contributed by atoms with Gasteiger partial charge >= 0.3 is 0 Å². The van der Waals surface area contributed by atoms with Gasteiger partial charge in [0.05, 0.1) is 17.8 Å². The van der Waals surface area contributed by atoms with Crippen LogP contribution in [0.2, 0.25) is 0 Å². The number of allylic oxidation sites excluding steroid dienone is 2. The topological polar surface area (TPSA) is 49.7 Å². The molecule has 1 aliphatic rings. The van der Waals surface area contributed by atoms with Crippen molar-refractivity contribution >= 4 is 22.3 Å². The fraction of sp³-hybridized carbons (Fsp3) is 0.161. The lowest BCUT2D eigenvalue weighted by Gasteiger charge is -2.26. The number of hydrogen-bond donors (Lipinski definition) is 1. The summed E-state index contributed by atoms with van der Waals surface area (Å²) in [5, 5.41) is 13.5. The molecule has 1 atom stereocenters. The van der Waals surface area contributed by atoms with E-state index in [-0.39, 0.29) is 17.5 Å². The Morgan fingerprint density at radius 2 is 1.47 bits per heavy atom. The summed E-state index contributed by atoms with van der Waals surface area (Å²) in [6, 6.07) is 34.3. The molecule has 0 aliphatic heterocycles. The summed E-state index contributed by atoms with van der Waals surface area (Å²) in [5.41, 5.74) is 4.32.